The van der Waals surface area contributed by atoms with Crippen molar-refractivity contribution in [1.82, 2.24) is 15.1 Å². The van der Waals surface area contributed by atoms with Crippen molar-refractivity contribution in [2.45, 2.75) is 38.8 Å². The number of hydrogen-bond donors (Lipinski definition) is 1. The number of nitrogens with one attached hydrogen (secondary N) is 1. The number of rotatable bonds is 7. The molecule has 3 heteroatoms. The van der Waals surface area contributed by atoms with Crippen molar-refractivity contribution in [2.75, 3.05) is 39.8 Å². The van der Waals surface area contributed by atoms with Gasteiger partial charge >= 0.3 is 0 Å². The van der Waals surface area contributed by atoms with Crippen molar-refractivity contribution in [1.29, 1.82) is 0 Å². The van der Waals surface area contributed by atoms with Crippen molar-refractivity contribution in [3.63, 3.8) is 0 Å². The second kappa shape index (κ2) is 8.52. The predicted molar refractivity (Wildman–Crippen MR) is 90.6 cm³/mol. The largest absolute Gasteiger partial charge is 0.309 e. The molecule has 1 aromatic rings. The Balaban J connectivity index is 1.98. The Morgan fingerprint density at radius 3 is 2.62 bits per heavy atom. The smallest absolute Gasteiger partial charge is 0.0449 e. The van der Waals surface area contributed by atoms with Gasteiger partial charge in [0.25, 0.3) is 0 Å². The average Bonchev–Trinajstić information content (AvgIpc) is 2.53. The highest BCUT2D eigenvalue weighted by Crippen LogP contribution is 2.17. The van der Waals surface area contributed by atoms with Crippen molar-refractivity contribution in [2.24, 2.45) is 0 Å². The minimum atomic E-state index is 0.451. The summed E-state index contributed by atoms with van der Waals surface area (Å²) in [4.78, 5) is 5.14. The molecule has 1 aliphatic heterocycles. The Bertz CT molecular complexity index is 393. The third-order valence-electron chi connectivity index (χ3n) is 4.62. The summed E-state index contributed by atoms with van der Waals surface area (Å²) in [7, 11) is 2.26. The molecule has 1 heterocycles. The van der Waals surface area contributed by atoms with Gasteiger partial charge in [0.2, 0.25) is 0 Å². The molecule has 21 heavy (non-hydrogen) atoms. The van der Waals surface area contributed by atoms with Crippen LogP contribution in [0.5, 0.6) is 0 Å². The van der Waals surface area contributed by atoms with E-state index in [9.17, 15) is 0 Å². The van der Waals surface area contributed by atoms with E-state index in [1.807, 2.05) is 0 Å². The number of benzene rings is 1. The van der Waals surface area contributed by atoms with Gasteiger partial charge in [0, 0.05) is 38.3 Å². The molecule has 0 saturated carbocycles. The molecular weight excluding hydrogens is 258 g/mol. The maximum absolute atomic E-state index is 3.72. The molecule has 2 atom stereocenters. The first-order valence-electron chi connectivity index (χ1n) is 8.45. The number of likely N-dealkylation sites (N-methyl/N-ethyl adjacent to an activating group) is 1. The van der Waals surface area contributed by atoms with E-state index in [1.54, 1.807) is 0 Å². The maximum Gasteiger partial charge on any atom is 0.0449 e. The van der Waals surface area contributed by atoms with Crippen LogP contribution in [0.1, 0.15) is 38.3 Å². The number of hydrogen-bond acceptors (Lipinski definition) is 3. The molecule has 1 N–H and O–H groups in total. The van der Waals surface area contributed by atoms with Crippen LogP contribution >= 0.6 is 0 Å². The van der Waals surface area contributed by atoms with E-state index < -0.39 is 0 Å². The van der Waals surface area contributed by atoms with Crippen molar-refractivity contribution in [3.05, 3.63) is 35.9 Å². The lowest BCUT2D eigenvalue weighted by Gasteiger charge is -2.40. The molecule has 2 rings (SSSR count). The van der Waals surface area contributed by atoms with Gasteiger partial charge in [-0.05, 0) is 32.0 Å². The van der Waals surface area contributed by atoms with E-state index in [-0.39, 0.29) is 0 Å². The third kappa shape index (κ3) is 4.80. The summed E-state index contributed by atoms with van der Waals surface area (Å²) in [6.45, 7) is 10.3. The van der Waals surface area contributed by atoms with Crippen LogP contribution in [0.15, 0.2) is 30.3 Å². The van der Waals surface area contributed by atoms with Crippen LogP contribution in [-0.2, 0) is 0 Å². The topological polar surface area (TPSA) is 18.5 Å². The van der Waals surface area contributed by atoms with Crippen LogP contribution in [0.4, 0.5) is 0 Å². The molecule has 118 valence electrons. The summed E-state index contributed by atoms with van der Waals surface area (Å²) in [6.07, 6.45) is 2.43. The molecule has 1 fully saturated rings. The highest BCUT2D eigenvalue weighted by atomic mass is 15.3. The molecule has 0 radical (unpaired) electrons. The quantitative estimate of drug-likeness (QED) is 0.833. The summed E-state index contributed by atoms with van der Waals surface area (Å²) in [5.74, 6) is 0. The van der Waals surface area contributed by atoms with E-state index >= 15 is 0 Å². The van der Waals surface area contributed by atoms with E-state index in [0.717, 1.165) is 13.1 Å². The number of nitrogens with zero attached hydrogens (tertiary/aromatic N) is 2. The van der Waals surface area contributed by atoms with Gasteiger partial charge in [0.1, 0.15) is 0 Å². The summed E-state index contributed by atoms with van der Waals surface area (Å²) >= 11 is 0. The highest BCUT2D eigenvalue weighted by molar-refractivity contribution is 5.19. The summed E-state index contributed by atoms with van der Waals surface area (Å²) < 4.78 is 0. The molecule has 0 spiro atoms. The van der Waals surface area contributed by atoms with Crippen LogP contribution in [0.2, 0.25) is 0 Å². The van der Waals surface area contributed by atoms with E-state index in [2.05, 4.69) is 66.3 Å². The maximum atomic E-state index is 3.72. The summed E-state index contributed by atoms with van der Waals surface area (Å²) in [5, 5.41) is 3.72. The SMILES string of the molecule is CCCNC(CN1CCN(C)C(CC)C1)c1ccccc1. The van der Waals surface area contributed by atoms with Crippen molar-refractivity contribution < 1.29 is 0 Å². The van der Waals surface area contributed by atoms with Gasteiger partial charge in [0.05, 0.1) is 0 Å². The minimum Gasteiger partial charge on any atom is -0.309 e. The zero-order valence-electron chi connectivity index (χ0n) is 13.9. The molecule has 2 unspecified atom stereocenters. The molecule has 0 aliphatic carbocycles. The van der Waals surface area contributed by atoms with Crippen molar-refractivity contribution >= 4 is 0 Å². The lowest BCUT2D eigenvalue weighted by atomic mass is 10.0. The normalized spacial score (nSPS) is 22.3. The first-order chi connectivity index (χ1) is 10.2. The predicted octanol–water partition coefficient (Wildman–Crippen LogP) is 2.75. The fourth-order valence-corrected chi connectivity index (χ4v) is 3.17. The monoisotopic (exact) mass is 289 g/mol. The highest BCUT2D eigenvalue weighted by Gasteiger charge is 2.24. The Labute approximate surface area is 130 Å². The Kier molecular flexibility index (Phi) is 6.68. The zero-order chi connectivity index (χ0) is 15.1. The Morgan fingerprint density at radius 1 is 1.19 bits per heavy atom. The lowest BCUT2D eigenvalue weighted by molar-refractivity contribution is 0.0858. The number of piperazine rings is 1. The standard InChI is InChI=1S/C18H31N3/c1-4-11-19-18(16-9-7-6-8-10-16)15-21-13-12-20(3)17(5-2)14-21/h6-10,17-19H,4-5,11-15H2,1-3H3. The average molecular weight is 289 g/mol. The minimum absolute atomic E-state index is 0.451. The van der Waals surface area contributed by atoms with Crippen molar-refractivity contribution in [3.8, 4) is 0 Å². The summed E-state index contributed by atoms with van der Waals surface area (Å²) in [6, 6.07) is 12.1. The first kappa shape index (κ1) is 16.5. The van der Waals surface area contributed by atoms with Crippen LogP contribution < -0.4 is 5.32 Å². The molecule has 1 aliphatic rings. The van der Waals surface area contributed by atoms with Crippen LogP contribution in [0.3, 0.4) is 0 Å². The summed E-state index contributed by atoms with van der Waals surface area (Å²) in [5.41, 5.74) is 1.41. The second-order valence-electron chi connectivity index (χ2n) is 6.22. The lowest BCUT2D eigenvalue weighted by Crippen LogP contribution is -2.52. The second-order valence-corrected chi connectivity index (χ2v) is 6.22. The van der Waals surface area contributed by atoms with Crippen LogP contribution in [0.25, 0.3) is 0 Å². The van der Waals surface area contributed by atoms with Crippen LogP contribution in [0, 0.1) is 0 Å². The first-order valence-corrected chi connectivity index (χ1v) is 8.45. The van der Waals surface area contributed by atoms with E-state index in [4.69, 9.17) is 0 Å². The van der Waals surface area contributed by atoms with Gasteiger partial charge in [0.15, 0.2) is 0 Å². The molecule has 1 saturated heterocycles. The molecule has 3 nitrogen and oxygen atoms in total. The molecule has 1 aromatic carbocycles. The van der Waals surface area contributed by atoms with Gasteiger partial charge in [-0.25, -0.2) is 0 Å². The molecule has 0 aromatic heterocycles. The Hall–Kier alpha value is -0.900. The molecule has 0 amide bonds. The third-order valence-corrected chi connectivity index (χ3v) is 4.62. The van der Waals surface area contributed by atoms with Crippen LogP contribution in [-0.4, -0.2) is 55.6 Å². The van der Waals surface area contributed by atoms with Gasteiger partial charge in [-0.2, -0.15) is 0 Å². The Morgan fingerprint density at radius 2 is 1.95 bits per heavy atom. The van der Waals surface area contributed by atoms with E-state index in [0.29, 0.717) is 12.1 Å². The zero-order valence-corrected chi connectivity index (χ0v) is 13.9. The van der Waals surface area contributed by atoms with Gasteiger partial charge in [-0.3, -0.25) is 4.90 Å². The van der Waals surface area contributed by atoms with Gasteiger partial charge < -0.3 is 10.2 Å². The van der Waals surface area contributed by atoms with Gasteiger partial charge in [-0.1, -0.05) is 44.2 Å². The van der Waals surface area contributed by atoms with E-state index in [1.165, 1.54) is 38.0 Å². The fourth-order valence-electron chi connectivity index (χ4n) is 3.17. The molecule has 0 bridgehead atoms. The molecular formula is C18H31N3. The fraction of sp³-hybridized carbons (Fsp3) is 0.667. The van der Waals surface area contributed by atoms with Gasteiger partial charge in [-0.15, -0.1) is 0 Å².